The van der Waals surface area contributed by atoms with E-state index in [0.717, 1.165) is 16.8 Å². The van der Waals surface area contributed by atoms with E-state index in [9.17, 15) is 9.59 Å². The number of hydrogen-bond donors (Lipinski definition) is 0. The van der Waals surface area contributed by atoms with Crippen LogP contribution in [-0.2, 0) is 19.7 Å². The van der Waals surface area contributed by atoms with E-state index < -0.39 is 5.97 Å². The fourth-order valence-corrected chi connectivity index (χ4v) is 2.50. The average molecular weight is 382 g/mol. The van der Waals surface area contributed by atoms with E-state index in [0.29, 0.717) is 5.57 Å². The smallest absolute Gasteiger partial charge is 0.334 e. The molecule has 0 N–H and O–H groups in total. The topological polar surface area (TPSA) is 46.6 Å². The molecule has 0 atom stereocenters. The van der Waals surface area contributed by atoms with Crippen molar-refractivity contribution in [2.45, 2.75) is 40.0 Å². The quantitative estimate of drug-likeness (QED) is 0.333. The third-order valence-electron chi connectivity index (χ3n) is 3.40. The number of amides is 1. The average Bonchev–Trinajstić information content (AvgIpc) is 2.46. The van der Waals surface area contributed by atoms with Crippen molar-refractivity contribution in [3.8, 4) is 0 Å². The standard InChI is InChI=1S/C18H24BrNO3/c1-12(2)17(22)23-11-20(15(21)10-19)16-13(3)8-7-9-14(16)18(4,5)6/h7-9H,1,10-11H2,2-6H3. The summed E-state index contributed by atoms with van der Waals surface area (Å²) in [6, 6.07) is 5.91. The van der Waals surface area contributed by atoms with Gasteiger partial charge in [0, 0.05) is 5.57 Å². The summed E-state index contributed by atoms with van der Waals surface area (Å²) in [6.07, 6.45) is 0. The molecule has 0 radical (unpaired) electrons. The Morgan fingerprint density at radius 1 is 1.30 bits per heavy atom. The van der Waals surface area contributed by atoms with Crippen LogP contribution in [0.3, 0.4) is 0 Å². The van der Waals surface area contributed by atoms with E-state index in [1.807, 2.05) is 25.1 Å². The second kappa shape index (κ2) is 7.77. The molecule has 23 heavy (non-hydrogen) atoms. The van der Waals surface area contributed by atoms with E-state index in [1.165, 1.54) is 4.90 Å². The van der Waals surface area contributed by atoms with Crippen LogP contribution < -0.4 is 4.90 Å². The highest BCUT2D eigenvalue weighted by atomic mass is 79.9. The molecule has 0 saturated heterocycles. The van der Waals surface area contributed by atoms with Crippen LogP contribution in [0.1, 0.15) is 38.8 Å². The monoisotopic (exact) mass is 381 g/mol. The summed E-state index contributed by atoms with van der Waals surface area (Å²) in [5, 5.41) is 0.148. The molecular weight excluding hydrogens is 358 g/mol. The highest BCUT2D eigenvalue weighted by molar-refractivity contribution is 9.09. The van der Waals surface area contributed by atoms with E-state index in [4.69, 9.17) is 4.74 Å². The summed E-state index contributed by atoms with van der Waals surface area (Å²) < 4.78 is 5.21. The molecule has 0 aliphatic heterocycles. The number of hydrogen-bond acceptors (Lipinski definition) is 3. The summed E-state index contributed by atoms with van der Waals surface area (Å²) in [5.74, 6) is -0.678. The molecule has 0 spiro atoms. The number of ether oxygens (including phenoxy) is 1. The minimum atomic E-state index is -0.511. The first kappa shape index (κ1) is 19.4. The van der Waals surface area contributed by atoms with Gasteiger partial charge < -0.3 is 4.74 Å². The summed E-state index contributed by atoms with van der Waals surface area (Å²) >= 11 is 3.20. The van der Waals surface area contributed by atoms with Crippen molar-refractivity contribution in [1.29, 1.82) is 0 Å². The van der Waals surface area contributed by atoms with Crippen LogP contribution in [0.25, 0.3) is 0 Å². The number of halogens is 1. The predicted octanol–water partition coefficient (Wildman–Crippen LogP) is 4.10. The number of para-hydroxylation sites is 1. The fraction of sp³-hybridized carbons (Fsp3) is 0.444. The summed E-state index contributed by atoms with van der Waals surface area (Å²) in [5.41, 5.74) is 2.93. The highest BCUT2D eigenvalue weighted by Crippen LogP contribution is 2.34. The molecule has 0 aromatic heterocycles. The van der Waals surface area contributed by atoms with E-state index in [1.54, 1.807) is 6.92 Å². The van der Waals surface area contributed by atoms with Gasteiger partial charge in [0.15, 0.2) is 6.73 Å². The minimum Gasteiger partial charge on any atom is -0.440 e. The summed E-state index contributed by atoms with van der Waals surface area (Å²) in [6.45, 7) is 13.2. The number of carbonyl (C=O) groups is 2. The Morgan fingerprint density at radius 3 is 2.39 bits per heavy atom. The van der Waals surface area contributed by atoms with Gasteiger partial charge >= 0.3 is 5.97 Å². The van der Waals surface area contributed by atoms with Crippen molar-refractivity contribution in [3.63, 3.8) is 0 Å². The second-order valence-corrected chi connectivity index (χ2v) is 7.08. The third-order valence-corrected chi connectivity index (χ3v) is 3.88. The number of carbonyl (C=O) groups excluding carboxylic acids is 2. The molecule has 1 rings (SSSR count). The van der Waals surface area contributed by atoms with Crippen LogP contribution in [0.2, 0.25) is 0 Å². The number of alkyl halides is 1. The predicted molar refractivity (Wildman–Crippen MR) is 96.9 cm³/mol. The number of anilines is 1. The van der Waals surface area contributed by atoms with Crippen LogP contribution >= 0.6 is 15.9 Å². The molecule has 0 unspecified atom stereocenters. The zero-order valence-corrected chi connectivity index (χ0v) is 16.0. The Morgan fingerprint density at radius 2 is 1.91 bits per heavy atom. The Bertz CT molecular complexity index is 617. The fourth-order valence-electron chi connectivity index (χ4n) is 2.20. The first-order valence-corrected chi connectivity index (χ1v) is 8.50. The largest absolute Gasteiger partial charge is 0.440 e. The van der Waals surface area contributed by atoms with Crippen LogP contribution in [0.15, 0.2) is 30.4 Å². The Hall–Kier alpha value is -1.62. The van der Waals surface area contributed by atoms with Crippen LogP contribution in [-0.4, -0.2) is 23.9 Å². The molecular formula is C18H24BrNO3. The highest BCUT2D eigenvalue weighted by Gasteiger charge is 2.26. The van der Waals surface area contributed by atoms with Crippen molar-refractivity contribution in [1.82, 2.24) is 0 Å². The van der Waals surface area contributed by atoms with Crippen molar-refractivity contribution >= 4 is 33.5 Å². The maximum absolute atomic E-state index is 12.4. The zero-order valence-electron chi connectivity index (χ0n) is 14.4. The Labute approximate surface area is 146 Å². The van der Waals surface area contributed by atoms with Crippen molar-refractivity contribution in [2.75, 3.05) is 17.0 Å². The second-order valence-electron chi connectivity index (χ2n) is 6.52. The van der Waals surface area contributed by atoms with E-state index in [2.05, 4.69) is 43.3 Å². The van der Waals surface area contributed by atoms with Gasteiger partial charge in [-0.15, -0.1) is 0 Å². The summed E-state index contributed by atoms with van der Waals surface area (Å²) in [7, 11) is 0. The number of rotatable bonds is 5. The van der Waals surface area contributed by atoms with Gasteiger partial charge in [-0.1, -0.05) is 61.5 Å². The van der Waals surface area contributed by atoms with Crippen molar-refractivity contribution in [2.24, 2.45) is 0 Å². The first-order valence-electron chi connectivity index (χ1n) is 7.38. The van der Waals surface area contributed by atoms with Crippen molar-refractivity contribution in [3.05, 3.63) is 41.5 Å². The minimum absolute atomic E-state index is 0.135. The Kier molecular flexibility index (Phi) is 6.57. The molecule has 1 aromatic carbocycles. The molecule has 1 amide bonds. The van der Waals surface area contributed by atoms with Gasteiger partial charge in [-0.25, -0.2) is 4.79 Å². The van der Waals surface area contributed by atoms with Gasteiger partial charge in [0.1, 0.15) is 0 Å². The van der Waals surface area contributed by atoms with Gasteiger partial charge in [0.05, 0.1) is 11.0 Å². The van der Waals surface area contributed by atoms with Gasteiger partial charge in [-0.05, 0) is 30.4 Å². The lowest BCUT2D eigenvalue weighted by molar-refractivity contribution is -0.139. The molecule has 0 heterocycles. The SMILES string of the molecule is C=C(C)C(=O)OCN(C(=O)CBr)c1c(C)cccc1C(C)(C)C. The lowest BCUT2D eigenvalue weighted by atomic mass is 9.84. The van der Waals surface area contributed by atoms with Gasteiger partial charge in [0.25, 0.3) is 0 Å². The van der Waals surface area contributed by atoms with E-state index in [-0.39, 0.29) is 23.4 Å². The normalized spacial score (nSPS) is 11.0. The summed E-state index contributed by atoms with van der Waals surface area (Å²) in [4.78, 5) is 25.6. The maximum Gasteiger partial charge on any atom is 0.334 e. The van der Waals surface area contributed by atoms with Crippen LogP contribution in [0.4, 0.5) is 5.69 Å². The molecule has 5 heteroatoms. The molecule has 0 fully saturated rings. The van der Waals surface area contributed by atoms with E-state index >= 15 is 0 Å². The lowest BCUT2D eigenvalue weighted by Gasteiger charge is -2.31. The van der Waals surface area contributed by atoms with Gasteiger partial charge in [-0.3, -0.25) is 9.69 Å². The number of esters is 1. The van der Waals surface area contributed by atoms with Gasteiger partial charge in [0.2, 0.25) is 5.91 Å². The molecule has 4 nitrogen and oxygen atoms in total. The number of aryl methyl sites for hydroxylation is 1. The molecule has 0 saturated carbocycles. The van der Waals surface area contributed by atoms with Crippen LogP contribution in [0.5, 0.6) is 0 Å². The number of benzene rings is 1. The van der Waals surface area contributed by atoms with Gasteiger partial charge in [-0.2, -0.15) is 0 Å². The molecule has 0 bridgehead atoms. The first-order chi connectivity index (χ1) is 10.6. The molecule has 1 aromatic rings. The number of nitrogens with zero attached hydrogens (tertiary/aromatic N) is 1. The molecule has 0 aliphatic carbocycles. The molecule has 126 valence electrons. The third kappa shape index (κ3) is 4.93. The van der Waals surface area contributed by atoms with Crippen molar-refractivity contribution < 1.29 is 14.3 Å². The lowest BCUT2D eigenvalue weighted by Crippen LogP contribution is -2.37. The maximum atomic E-state index is 12.4. The van der Waals surface area contributed by atoms with Crippen LogP contribution in [0, 0.1) is 6.92 Å². The zero-order chi connectivity index (χ0) is 17.8. The molecule has 0 aliphatic rings. The Balaban J connectivity index is 3.31.